The Balaban J connectivity index is 1.61. The Morgan fingerprint density at radius 1 is 1.17 bits per heavy atom. The van der Waals surface area contributed by atoms with Crippen molar-refractivity contribution in [3.63, 3.8) is 0 Å². The second-order valence-electron chi connectivity index (χ2n) is 6.74. The topological polar surface area (TPSA) is 123 Å². The third kappa shape index (κ3) is 2.83. The minimum Gasteiger partial charge on any atom is -0.466 e. The molecule has 5 heterocycles. The largest absolute Gasteiger partial charge is 0.466 e. The van der Waals surface area contributed by atoms with Crippen molar-refractivity contribution in [3.05, 3.63) is 53.2 Å². The smallest absolute Gasteiger partial charge is 0.259 e. The SMILES string of the molecule is Cc1cc(-c2cc(C(=O)Nc3nc4ncccc4[nH]3)c3c(C)noc3n2)c(C)o1. The summed E-state index contributed by atoms with van der Waals surface area (Å²) in [5.41, 5.74) is 3.86. The van der Waals surface area contributed by atoms with Gasteiger partial charge in [-0.3, -0.25) is 10.1 Å². The van der Waals surface area contributed by atoms with Gasteiger partial charge in [-0.25, -0.2) is 9.97 Å². The summed E-state index contributed by atoms with van der Waals surface area (Å²) in [6.45, 7) is 5.47. The Labute approximate surface area is 164 Å². The lowest BCUT2D eigenvalue weighted by Gasteiger charge is -2.06. The van der Waals surface area contributed by atoms with Gasteiger partial charge in [0.2, 0.25) is 5.95 Å². The minimum absolute atomic E-state index is 0.287. The van der Waals surface area contributed by atoms with Crippen LogP contribution in [-0.4, -0.2) is 31.0 Å². The number of rotatable bonds is 3. The summed E-state index contributed by atoms with van der Waals surface area (Å²) in [7, 11) is 0. The molecule has 0 radical (unpaired) electrons. The molecule has 0 unspecified atom stereocenters. The number of nitrogens with zero attached hydrogens (tertiary/aromatic N) is 4. The third-order valence-corrected chi connectivity index (χ3v) is 4.67. The zero-order valence-corrected chi connectivity index (χ0v) is 15.9. The normalized spacial score (nSPS) is 11.4. The molecule has 0 aliphatic carbocycles. The number of anilines is 1. The van der Waals surface area contributed by atoms with Crippen LogP contribution in [0.15, 0.2) is 39.4 Å². The Morgan fingerprint density at radius 3 is 2.79 bits per heavy atom. The van der Waals surface area contributed by atoms with E-state index in [4.69, 9.17) is 8.94 Å². The monoisotopic (exact) mass is 388 g/mol. The molecule has 0 aliphatic rings. The first kappa shape index (κ1) is 17.1. The van der Waals surface area contributed by atoms with Crippen LogP contribution in [0.5, 0.6) is 0 Å². The van der Waals surface area contributed by atoms with E-state index in [1.807, 2.05) is 26.0 Å². The predicted molar refractivity (Wildman–Crippen MR) is 106 cm³/mol. The molecule has 5 aromatic rings. The van der Waals surface area contributed by atoms with E-state index in [-0.39, 0.29) is 11.6 Å². The summed E-state index contributed by atoms with van der Waals surface area (Å²) in [4.78, 5) is 29.1. The number of hydrogen-bond acceptors (Lipinski definition) is 7. The van der Waals surface area contributed by atoms with Gasteiger partial charge >= 0.3 is 0 Å². The summed E-state index contributed by atoms with van der Waals surface area (Å²) < 4.78 is 10.9. The lowest BCUT2D eigenvalue weighted by Crippen LogP contribution is -2.14. The molecule has 0 atom stereocenters. The molecule has 29 heavy (non-hydrogen) atoms. The van der Waals surface area contributed by atoms with Gasteiger partial charge in [0.1, 0.15) is 11.5 Å². The van der Waals surface area contributed by atoms with E-state index < -0.39 is 0 Å². The molecular formula is C20H16N6O3. The number of fused-ring (bicyclic) bond motifs is 2. The molecular weight excluding hydrogens is 372 g/mol. The highest BCUT2D eigenvalue weighted by molar-refractivity contribution is 6.12. The molecule has 0 saturated heterocycles. The number of nitrogens with one attached hydrogen (secondary N) is 2. The number of hydrogen-bond donors (Lipinski definition) is 2. The summed E-state index contributed by atoms with van der Waals surface area (Å²) >= 11 is 0. The van der Waals surface area contributed by atoms with Gasteiger partial charge in [-0.2, -0.15) is 4.98 Å². The van der Waals surface area contributed by atoms with Gasteiger partial charge in [-0.15, -0.1) is 0 Å². The van der Waals surface area contributed by atoms with E-state index in [9.17, 15) is 4.79 Å². The molecule has 0 fully saturated rings. The first-order valence-electron chi connectivity index (χ1n) is 8.96. The molecule has 0 saturated carbocycles. The van der Waals surface area contributed by atoms with Crippen LogP contribution >= 0.6 is 0 Å². The second kappa shape index (κ2) is 6.26. The van der Waals surface area contributed by atoms with Crippen LogP contribution in [0.3, 0.4) is 0 Å². The zero-order chi connectivity index (χ0) is 20.1. The number of pyridine rings is 2. The number of aryl methyl sites for hydroxylation is 3. The number of imidazole rings is 1. The first-order valence-corrected chi connectivity index (χ1v) is 8.96. The minimum atomic E-state index is -0.359. The number of H-pyrrole nitrogens is 1. The fourth-order valence-electron chi connectivity index (χ4n) is 3.38. The number of amides is 1. The maximum atomic E-state index is 13.1. The Morgan fingerprint density at radius 2 is 2.03 bits per heavy atom. The van der Waals surface area contributed by atoms with Crippen LogP contribution in [-0.2, 0) is 0 Å². The summed E-state index contributed by atoms with van der Waals surface area (Å²) in [6, 6.07) is 7.21. The fourth-order valence-corrected chi connectivity index (χ4v) is 3.38. The first-order chi connectivity index (χ1) is 14.0. The predicted octanol–water partition coefficient (Wildman–Crippen LogP) is 3.93. The van der Waals surface area contributed by atoms with E-state index in [1.165, 1.54) is 0 Å². The lowest BCUT2D eigenvalue weighted by molar-refractivity contribution is 0.102. The van der Waals surface area contributed by atoms with Crippen molar-refractivity contribution in [1.29, 1.82) is 0 Å². The highest BCUT2D eigenvalue weighted by Crippen LogP contribution is 2.30. The molecule has 1 amide bonds. The molecule has 0 aromatic carbocycles. The van der Waals surface area contributed by atoms with Gasteiger partial charge in [0.05, 0.1) is 27.9 Å². The molecule has 2 N–H and O–H groups in total. The van der Waals surface area contributed by atoms with Crippen molar-refractivity contribution in [2.75, 3.05) is 5.32 Å². The summed E-state index contributed by atoms with van der Waals surface area (Å²) in [6.07, 6.45) is 1.64. The van der Waals surface area contributed by atoms with Gasteiger partial charge in [0.15, 0.2) is 5.65 Å². The van der Waals surface area contributed by atoms with Crippen molar-refractivity contribution in [2.45, 2.75) is 20.8 Å². The number of carbonyl (C=O) groups is 1. The third-order valence-electron chi connectivity index (χ3n) is 4.67. The van der Waals surface area contributed by atoms with Gasteiger partial charge < -0.3 is 13.9 Å². The van der Waals surface area contributed by atoms with E-state index in [0.29, 0.717) is 39.7 Å². The van der Waals surface area contributed by atoms with Crippen molar-refractivity contribution in [3.8, 4) is 11.3 Å². The van der Waals surface area contributed by atoms with Crippen molar-refractivity contribution in [2.24, 2.45) is 0 Å². The Bertz CT molecular complexity index is 1360. The highest BCUT2D eigenvalue weighted by atomic mass is 16.5. The van der Waals surface area contributed by atoms with E-state index in [2.05, 4.69) is 30.4 Å². The standard InChI is InChI=1S/C20H16N6O3/c1-9-7-12(11(3)28-9)15-8-13(16-10(2)26-29-19(16)22-15)18(27)25-20-23-14-5-4-6-21-17(14)24-20/h4-8H,1-3H3,(H2,21,23,24,25,27). The van der Waals surface area contributed by atoms with E-state index in [0.717, 1.165) is 16.8 Å². The number of aromatic nitrogens is 5. The van der Waals surface area contributed by atoms with Gasteiger partial charge in [0.25, 0.3) is 11.6 Å². The van der Waals surface area contributed by atoms with Crippen LogP contribution in [0, 0.1) is 20.8 Å². The average Bonchev–Trinajstić information content (AvgIpc) is 3.37. The lowest BCUT2D eigenvalue weighted by atomic mass is 10.1. The van der Waals surface area contributed by atoms with Gasteiger partial charge in [-0.1, -0.05) is 5.16 Å². The van der Waals surface area contributed by atoms with E-state index in [1.54, 1.807) is 25.3 Å². The average molecular weight is 388 g/mol. The Kier molecular flexibility index (Phi) is 3.70. The van der Waals surface area contributed by atoms with Crippen molar-refractivity contribution < 1.29 is 13.7 Å². The molecule has 9 nitrogen and oxygen atoms in total. The van der Waals surface area contributed by atoms with Crippen LogP contribution < -0.4 is 5.32 Å². The second-order valence-corrected chi connectivity index (χ2v) is 6.74. The number of carbonyl (C=O) groups excluding carboxylic acids is 1. The van der Waals surface area contributed by atoms with Crippen LogP contribution in [0.2, 0.25) is 0 Å². The van der Waals surface area contributed by atoms with Crippen LogP contribution in [0.4, 0.5) is 5.95 Å². The maximum Gasteiger partial charge on any atom is 0.259 e. The summed E-state index contributed by atoms with van der Waals surface area (Å²) in [5.74, 6) is 1.41. The molecule has 5 rings (SSSR count). The molecule has 0 bridgehead atoms. The molecule has 0 spiro atoms. The number of aromatic amines is 1. The molecule has 144 valence electrons. The van der Waals surface area contributed by atoms with Gasteiger partial charge in [0, 0.05) is 11.8 Å². The number of furan rings is 1. The van der Waals surface area contributed by atoms with Crippen molar-refractivity contribution >= 4 is 34.1 Å². The van der Waals surface area contributed by atoms with Crippen molar-refractivity contribution in [1.82, 2.24) is 25.1 Å². The molecule has 0 aliphatic heterocycles. The molecule has 9 heteroatoms. The van der Waals surface area contributed by atoms with Gasteiger partial charge in [-0.05, 0) is 45.0 Å². The maximum absolute atomic E-state index is 13.1. The van der Waals surface area contributed by atoms with Crippen LogP contribution in [0.25, 0.3) is 33.5 Å². The van der Waals surface area contributed by atoms with E-state index >= 15 is 0 Å². The fraction of sp³-hybridized carbons (Fsp3) is 0.150. The summed E-state index contributed by atoms with van der Waals surface area (Å²) in [5, 5.41) is 7.31. The highest BCUT2D eigenvalue weighted by Gasteiger charge is 2.21. The Hall–Kier alpha value is -4.01. The zero-order valence-electron chi connectivity index (χ0n) is 15.9. The van der Waals surface area contributed by atoms with Crippen LogP contribution in [0.1, 0.15) is 27.6 Å². The quantitative estimate of drug-likeness (QED) is 0.480. The molecule has 5 aromatic heterocycles.